The lowest BCUT2D eigenvalue weighted by atomic mass is 9.77. The molecule has 0 bridgehead atoms. The van der Waals surface area contributed by atoms with Crippen LogP contribution in [0.15, 0.2) is 42.7 Å². The number of fused-ring (bicyclic) bond motifs is 1. The number of hydrogen-bond donors (Lipinski definition) is 0. The normalized spacial score (nSPS) is 22.5. The van der Waals surface area contributed by atoms with Gasteiger partial charge in [-0.05, 0) is 94.8 Å². The van der Waals surface area contributed by atoms with Gasteiger partial charge < -0.3 is 18.9 Å². The third-order valence-corrected chi connectivity index (χ3v) is 9.12. The van der Waals surface area contributed by atoms with Crippen molar-refractivity contribution in [1.29, 1.82) is 0 Å². The summed E-state index contributed by atoms with van der Waals surface area (Å²) in [4.78, 5) is 30.0. The van der Waals surface area contributed by atoms with E-state index in [2.05, 4.69) is 10.2 Å². The van der Waals surface area contributed by atoms with E-state index in [9.17, 15) is 22.8 Å². The van der Waals surface area contributed by atoms with E-state index in [1.165, 1.54) is 15.9 Å². The Kier molecular flexibility index (Phi) is 7.30. The van der Waals surface area contributed by atoms with Crippen LogP contribution in [0.5, 0.6) is 0 Å². The van der Waals surface area contributed by atoms with E-state index >= 15 is 0 Å². The average Bonchev–Trinajstić information content (AvgIpc) is 3.49. The Morgan fingerprint density at radius 1 is 1.18 bits per heavy atom. The molecule has 0 radical (unpaired) electrons. The van der Waals surface area contributed by atoms with Gasteiger partial charge in [-0.2, -0.15) is 13.2 Å². The van der Waals surface area contributed by atoms with E-state index < -0.39 is 40.5 Å². The maximum atomic E-state index is 14.5. The number of ether oxygens (including phenoxy) is 2. The number of rotatable bonds is 6. The van der Waals surface area contributed by atoms with Crippen LogP contribution < -0.4 is 4.90 Å². The number of benzene rings is 2. The summed E-state index contributed by atoms with van der Waals surface area (Å²) in [5, 5.41) is 8.27. The molecule has 2 amide bonds. The molecule has 0 N–H and O–H groups in total. The van der Waals surface area contributed by atoms with Crippen molar-refractivity contribution in [3.8, 4) is 0 Å². The lowest BCUT2D eigenvalue weighted by molar-refractivity contribution is -0.184. The largest absolute Gasteiger partial charge is 0.444 e. The van der Waals surface area contributed by atoms with E-state index in [0.29, 0.717) is 30.8 Å². The van der Waals surface area contributed by atoms with Gasteiger partial charge >= 0.3 is 12.3 Å². The minimum atomic E-state index is -4.71. The van der Waals surface area contributed by atoms with Gasteiger partial charge in [-0.15, -0.1) is 10.2 Å². The minimum absolute atomic E-state index is 0.0235. The highest BCUT2D eigenvalue weighted by Gasteiger charge is 2.50. The Labute approximate surface area is 260 Å². The van der Waals surface area contributed by atoms with Crippen molar-refractivity contribution in [3.63, 3.8) is 0 Å². The number of hydrogen-bond acceptors (Lipinski definition) is 6. The zero-order valence-corrected chi connectivity index (χ0v) is 26.4. The first kappa shape index (κ1) is 31.1. The molecule has 6 rings (SSSR count). The molecular formula is C33H38F3N5O4. The molecule has 9 nitrogen and oxygen atoms in total. The molecule has 2 fully saturated rings. The fourth-order valence-corrected chi connectivity index (χ4v) is 6.73. The molecule has 3 heterocycles. The number of nitrogens with zero attached hydrogens (tertiary/aromatic N) is 5. The topological polar surface area (TPSA) is 89.8 Å². The van der Waals surface area contributed by atoms with Crippen molar-refractivity contribution in [2.24, 2.45) is 7.05 Å². The summed E-state index contributed by atoms with van der Waals surface area (Å²) in [7, 11) is 1.82. The molecule has 3 aromatic rings. The van der Waals surface area contributed by atoms with E-state index in [1.54, 1.807) is 49.9 Å². The number of carbonyl (C=O) groups is 2. The van der Waals surface area contributed by atoms with Gasteiger partial charge in [-0.3, -0.25) is 9.69 Å². The van der Waals surface area contributed by atoms with E-state index in [1.807, 2.05) is 27.0 Å². The van der Waals surface area contributed by atoms with Crippen molar-refractivity contribution >= 4 is 17.7 Å². The highest BCUT2D eigenvalue weighted by atomic mass is 19.4. The molecule has 1 saturated heterocycles. The Bertz CT molecular complexity index is 1650. The highest BCUT2D eigenvalue weighted by molar-refractivity contribution is 6.10. The van der Waals surface area contributed by atoms with Gasteiger partial charge in [-0.1, -0.05) is 12.1 Å². The van der Waals surface area contributed by atoms with Crippen LogP contribution in [-0.2, 0) is 41.4 Å². The predicted octanol–water partition coefficient (Wildman–Crippen LogP) is 6.73. The number of halogens is 3. The van der Waals surface area contributed by atoms with Gasteiger partial charge in [-0.25, -0.2) is 4.79 Å². The fraction of sp³-hybridized carbons (Fsp3) is 0.515. The maximum Gasteiger partial charge on any atom is 0.416 e. The first-order valence-corrected chi connectivity index (χ1v) is 15.2. The van der Waals surface area contributed by atoms with Gasteiger partial charge in [0.15, 0.2) is 11.4 Å². The number of alkyl halides is 3. The summed E-state index contributed by atoms with van der Waals surface area (Å²) < 4.78 is 57.3. The van der Waals surface area contributed by atoms with Crippen molar-refractivity contribution in [2.45, 2.75) is 102 Å². The summed E-state index contributed by atoms with van der Waals surface area (Å²) >= 11 is 0. The molecule has 2 atom stereocenters. The van der Waals surface area contributed by atoms with Gasteiger partial charge in [0.25, 0.3) is 5.91 Å². The monoisotopic (exact) mass is 625 g/mol. The summed E-state index contributed by atoms with van der Waals surface area (Å²) in [6, 6.07) is 9.67. The summed E-state index contributed by atoms with van der Waals surface area (Å²) in [5.41, 5.74) is -1.79. The second-order valence-corrected chi connectivity index (χ2v) is 13.8. The quantitative estimate of drug-likeness (QED) is 0.302. The predicted molar refractivity (Wildman–Crippen MR) is 159 cm³/mol. The maximum absolute atomic E-state index is 14.5. The van der Waals surface area contributed by atoms with E-state index in [-0.39, 0.29) is 35.9 Å². The summed E-state index contributed by atoms with van der Waals surface area (Å²) in [6.45, 7) is 8.76. The zero-order chi connectivity index (χ0) is 32.5. The lowest BCUT2D eigenvalue weighted by Crippen LogP contribution is -2.54. The van der Waals surface area contributed by atoms with Crippen LogP contribution in [0.25, 0.3) is 0 Å². The highest BCUT2D eigenvalue weighted by Crippen LogP contribution is 2.48. The van der Waals surface area contributed by atoms with Crippen LogP contribution in [0, 0.1) is 0 Å². The van der Waals surface area contributed by atoms with Crippen molar-refractivity contribution < 1.29 is 32.2 Å². The van der Waals surface area contributed by atoms with Crippen LogP contribution in [0.4, 0.5) is 23.7 Å². The molecule has 2 aliphatic heterocycles. The molecule has 240 valence electrons. The number of aromatic nitrogens is 3. The number of aryl methyl sites for hydroxylation is 1. The van der Waals surface area contributed by atoms with Crippen molar-refractivity contribution in [3.05, 3.63) is 76.4 Å². The fourth-order valence-electron chi connectivity index (χ4n) is 6.73. The molecule has 1 aliphatic carbocycles. The molecule has 3 aliphatic rings. The Hall–Kier alpha value is -3.93. The molecule has 0 spiro atoms. The van der Waals surface area contributed by atoms with E-state index in [0.717, 1.165) is 18.1 Å². The molecule has 0 unspecified atom stereocenters. The smallest absolute Gasteiger partial charge is 0.416 e. The Morgan fingerprint density at radius 3 is 2.44 bits per heavy atom. The number of amides is 2. The lowest BCUT2D eigenvalue weighted by Gasteiger charge is -2.47. The molecule has 45 heavy (non-hydrogen) atoms. The molecule has 12 heteroatoms. The number of carbonyl (C=O) groups excluding carboxylic acids is 2. The Balaban J connectivity index is 1.35. The third-order valence-electron chi connectivity index (χ3n) is 9.12. The first-order valence-electron chi connectivity index (χ1n) is 15.2. The van der Waals surface area contributed by atoms with Crippen molar-refractivity contribution in [2.75, 3.05) is 4.90 Å². The molecule has 2 aromatic carbocycles. The number of anilines is 1. The van der Waals surface area contributed by atoms with Crippen LogP contribution in [0.1, 0.15) is 98.7 Å². The minimum Gasteiger partial charge on any atom is -0.444 e. The van der Waals surface area contributed by atoms with Crippen LogP contribution >= 0.6 is 0 Å². The average molecular weight is 626 g/mol. The Morgan fingerprint density at radius 2 is 1.89 bits per heavy atom. The van der Waals surface area contributed by atoms with Crippen LogP contribution in [-0.4, -0.2) is 48.9 Å². The van der Waals surface area contributed by atoms with Gasteiger partial charge in [0.1, 0.15) is 11.9 Å². The van der Waals surface area contributed by atoms with Gasteiger partial charge in [0.2, 0.25) is 0 Å². The molecular weight excluding hydrogens is 587 g/mol. The zero-order valence-electron chi connectivity index (χ0n) is 26.4. The van der Waals surface area contributed by atoms with E-state index in [4.69, 9.17) is 9.47 Å². The summed E-state index contributed by atoms with van der Waals surface area (Å²) in [5.74, 6) is 0.0660. The van der Waals surface area contributed by atoms with Crippen LogP contribution in [0.3, 0.4) is 0 Å². The van der Waals surface area contributed by atoms with Gasteiger partial charge in [0.05, 0.1) is 18.2 Å². The van der Waals surface area contributed by atoms with Crippen molar-refractivity contribution in [1.82, 2.24) is 19.7 Å². The van der Waals surface area contributed by atoms with Gasteiger partial charge in [0, 0.05) is 36.8 Å². The standard InChI is InChI=1S/C33H38F3N5O4/c1-20-16-32(44-20,28-38-37-19-39(28)6)22-9-7-10-23(15-22)40-18-25-24(27(40)42)13-21(14-26(25)33(34,35)36)17-41(31(5)11-8-12-31)29(43)45-30(2,3)4/h7,9-10,13-15,19-20H,8,11-12,16-18H2,1-6H3/t20-,32-/m0/s1. The second kappa shape index (κ2) is 10.6. The molecule has 1 saturated carbocycles. The SMILES string of the molecule is C[C@H]1C[C@](c2cccc(N3Cc4c(cc(CN(C(=O)OC(C)(C)C)C5(C)CCC5)cc4C(F)(F)F)C3=O)c2)(c2nncn2C)O1. The third kappa shape index (κ3) is 5.47. The van der Waals surface area contributed by atoms with Crippen LogP contribution in [0.2, 0.25) is 0 Å². The molecule has 1 aromatic heterocycles. The summed E-state index contributed by atoms with van der Waals surface area (Å²) in [6.07, 6.45) is -0.783. The second-order valence-electron chi connectivity index (χ2n) is 13.8. The first-order chi connectivity index (χ1) is 21.0.